The van der Waals surface area contributed by atoms with Crippen molar-refractivity contribution in [3.05, 3.63) is 92.5 Å². The maximum atomic E-state index is 13.9. The Bertz CT molecular complexity index is 1530. The molecule has 7 heteroatoms. The first-order chi connectivity index (χ1) is 18.2. The zero-order chi connectivity index (χ0) is 26.9. The van der Waals surface area contributed by atoms with Crippen LogP contribution in [-0.2, 0) is 25.6 Å². The summed E-state index contributed by atoms with van der Waals surface area (Å²) in [7, 11) is 0. The number of carbonyl (C=O) groups is 4. The predicted octanol–water partition coefficient (Wildman–Crippen LogP) is 5.35. The van der Waals surface area contributed by atoms with Crippen molar-refractivity contribution in [1.29, 1.82) is 0 Å². The molecule has 0 aromatic heterocycles. The van der Waals surface area contributed by atoms with Crippen molar-refractivity contribution in [1.82, 2.24) is 0 Å². The second-order valence-electron chi connectivity index (χ2n) is 10.5. The second-order valence-corrected chi connectivity index (χ2v) is 11.4. The normalized spacial score (nSPS) is 26.7. The van der Waals surface area contributed by atoms with Gasteiger partial charge in [-0.3, -0.25) is 24.1 Å². The summed E-state index contributed by atoms with van der Waals surface area (Å²) in [6.45, 7) is 3.67. The first kappa shape index (κ1) is 24.7. The number of fused-ring (bicyclic) bond motifs is 3. The van der Waals surface area contributed by atoms with Crippen LogP contribution in [0, 0.1) is 17.8 Å². The lowest BCUT2D eigenvalue weighted by Crippen LogP contribution is -2.39. The van der Waals surface area contributed by atoms with Gasteiger partial charge in [-0.1, -0.05) is 46.6 Å². The van der Waals surface area contributed by atoms with Crippen LogP contribution < -0.4 is 4.90 Å². The van der Waals surface area contributed by atoms with E-state index in [0.717, 1.165) is 22.0 Å². The molecule has 1 heterocycles. The van der Waals surface area contributed by atoms with Gasteiger partial charge >= 0.3 is 0 Å². The highest BCUT2D eigenvalue weighted by atomic mass is 79.9. The third kappa shape index (κ3) is 3.59. The van der Waals surface area contributed by atoms with Crippen molar-refractivity contribution >= 4 is 45.0 Å². The molecule has 4 atom stereocenters. The van der Waals surface area contributed by atoms with Crippen LogP contribution in [0.1, 0.15) is 43.7 Å². The summed E-state index contributed by atoms with van der Waals surface area (Å²) in [5.41, 5.74) is 4.08. The molecule has 0 spiro atoms. The number of anilines is 1. The van der Waals surface area contributed by atoms with Gasteiger partial charge in [0.25, 0.3) is 0 Å². The summed E-state index contributed by atoms with van der Waals surface area (Å²) in [5.74, 6) is -3.27. The van der Waals surface area contributed by atoms with Crippen LogP contribution in [0.5, 0.6) is 5.75 Å². The van der Waals surface area contributed by atoms with Gasteiger partial charge in [0.1, 0.15) is 5.75 Å². The molecule has 1 saturated heterocycles. The van der Waals surface area contributed by atoms with Gasteiger partial charge in [0.2, 0.25) is 11.8 Å². The topological polar surface area (TPSA) is 91.8 Å². The van der Waals surface area contributed by atoms with Gasteiger partial charge < -0.3 is 5.11 Å². The molecule has 1 aliphatic heterocycles. The molecule has 2 aromatic carbocycles. The Hall–Kier alpha value is -3.58. The highest BCUT2D eigenvalue weighted by molar-refractivity contribution is 9.10. The minimum Gasteiger partial charge on any atom is -0.508 e. The summed E-state index contributed by atoms with van der Waals surface area (Å²) >= 11 is 3.47. The van der Waals surface area contributed by atoms with Crippen molar-refractivity contribution in [3.8, 4) is 5.75 Å². The van der Waals surface area contributed by atoms with E-state index in [0.29, 0.717) is 34.4 Å². The Labute approximate surface area is 228 Å². The third-order valence-electron chi connectivity index (χ3n) is 8.47. The number of phenols is 1. The predicted molar refractivity (Wildman–Crippen MR) is 145 cm³/mol. The number of Topliss-reactive ketones (excluding diaryl/α,β-unsaturated/α-hetero) is 1. The quantitative estimate of drug-likeness (QED) is 0.304. The molecule has 0 saturated carbocycles. The van der Waals surface area contributed by atoms with E-state index in [1.54, 1.807) is 37.3 Å². The minimum atomic E-state index is -0.678. The Balaban J connectivity index is 1.48. The second kappa shape index (κ2) is 9.02. The van der Waals surface area contributed by atoms with E-state index in [9.17, 15) is 24.3 Å². The number of allylic oxidation sites excluding steroid dienone is 6. The number of benzene rings is 2. The lowest BCUT2D eigenvalue weighted by molar-refractivity contribution is -0.123. The molecule has 6 rings (SSSR count). The van der Waals surface area contributed by atoms with Crippen LogP contribution in [0.4, 0.5) is 5.69 Å². The average Bonchev–Trinajstić information content (AvgIpc) is 3.17. The smallest absolute Gasteiger partial charge is 0.238 e. The highest BCUT2D eigenvalue weighted by Gasteiger charge is 2.56. The minimum absolute atomic E-state index is 0.00708. The largest absolute Gasteiger partial charge is 0.508 e. The molecule has 2 aromatic rings. The summed E-state index contributed by atoms with van der Waals surface area (Å²) in [6.07, 6.45) is 4.74. The van der Waals surface area contributed by atoms with Crippen LogP contribution >= 0.6 is 15.9 Å². The van der Waals surface area contributed by atoms with Gasteiger partial charge in [0.05, 0.1) is 17.5 Å². The number of rotatable bonds is 3. The molecule has 2 amide bonds. The van der Waals surface area contributed by atoms with Crippen molar-refractivity contribution < 1.29 is 24.3 Å². The Morgan fingerprint density at radius 1 is 1.00 bits per heavy atom. The molecular weight excluding hydrogens is 546 g/mol. The van der Waals surface area contributed by atoms with E-state index < -0.39 is 23.7 Å². The number of imide groups is 1. The Morgan fingerprint density at radius 2 is 1.74 bits per heavy atom. The van der Waals surface area contributed by atoms with Gasteiger partial charge in [0, 0.05) is 32.7 Å². The maximum absolute atomic E-state index is 13.9. The summed E-state index contributed by atoms with van der Waals surface area (Å²) < 4.78 is 0.722. The summed E-state index contributed by atoms with van der Waals surface area (Å²) in [4.78, 5) is 55.5. The highest BCUT2D eigenvalue weighted by Crippen LogP contribution is 2.56. The van der Waals surface area contributed by atoms with Gasteiger partial charge in [-0.05, 0) is 74.1 Å². The molecule has 6 nitrogen and oxygen atoms in total. The first-order valence-electron chi connectivity index (χ1n) is 12.9. The molecule has 1 N–H and O–H groups in total. The van der Waals surface area contributed by atoms with Crippen LogP contribution in [0.15, 0.2) is 81.4 Å². The molecule has 4 aliphatic rings. The van der Waals surface area contributed by atoms with Crippen molar-refractivity contribution in [3.63, 3.8) is 0 Å². The molecule has 0 bridgehead atoms. The number of aromatic hydroxyl groups is 1. The standard InChI is InChI=1S/C31H26BrNO5/c1-3-16-4-7-18(8-5-16)33-30(37)20-10-9-19-21(27(20)31(33)38)14-23-25(35)12-15(2)29(36)28(23)26(19)22-13-17(32)6-11-24(22)34/h4-9,11-13,20-21,26-27,34H,3,10,14H2,1-2H3. The first-order valence-corrected chi connectivity index (χ1v) is 13.7. The maximum Gasteiger partial charge on any atom is 0.238 e. The Morgan fingerprint density at radius 3 is 2.45 bits per heavy atom. The van der Waals surface area contributed by atoms with E-state index in [1.807, 2.05) is 25.1 Å². The number of hydrogen-bond donors (Lipinski definition) is 1. The van der Waals surface area contributed by atoms with Crippen molar-refractivity contribution in [2.45, 2.75) is 39.0 Å². The van der Waals surface area contributed by atoms with Crippen LogP contribution in [0.2, 0.25) is 0 Å². The van der Waals surface area contributed by atoms with E-state index >= 15 is 0 Å². The monoisotopic (exact) mass is 571 g/mol. The lowest BCUT2D eigenvalue weighted by Gasteiger charge is -2.42. The van der Waals surface area contributed by atoms with E-state index in [4.69, 9.17) is 0 Å². The van der Waals surface area contributed by atoms with Gasteiger partial charge in [0.15, 0.2) is 11.6 Å². The average molecular weight is 572 g/mol. The van der Waals surface area contributed by atoms with Crippen LogP contribution in [0.3, 0.4) is 0 Å². The van der Waals surface area contributed by atoms with Crippen LogP contribution in [-0.4, -0.2) is 28.5 Å². The lowest BCUT2D eigenvalue weighted by atomic mass is 9.59. The van der Waals surface area contributed by atoms with E-state index in [-0.39, 0.29) is 35.6 Å². The molecule has 4 unspecified atom stereocenters. The number of carbonyl (C=O) groups excluding carboxylic acids is 4. The summed E-state index contributed by atoms with van der Waals surface area (Å²) in [5, 5.41) is 10.9. The number of aryl methyl sites for hydroxylation is 1. The van der Waals surface area contributed by atoms with Gasteiger partial charge in [-0.2, -0.15) is 0 Å². The number of halogens is 1. The fourth-order valence-electron chi connectivity index (χ4n) is 6.61. The molecule has 3 aliphatic carbocycles. The van der Waals surface area contributed by atoms with Crippen LogP contribution in [0.25, 0.3) is 0 Å². The fourth-order valence-corrected chi connectivity index (χ4v) is 6.99. The van der Waals surface area contributed by atoms with Crippen molar-refractivity contribution in [2.24, 2.45) is 17.8 Å². The van der Waals surface area contributed by atoms with E-state index in [1.165, 1.54) is 11.0 Å². The number of nitrogens with zero attached hydrogens (tertiary/aromatic N) is 1. The number of hydrogen-bond acceptors (Lipinski definition) is 5. The molecule has 0 radical (unpaired) electrons. The molecule has 1 fully saturated rings. The summed E-state index contributed by atoms with van der Waals surface area (Å²) in [6, 6.07) is 12.5. The number of amides is 2. The van der Waals surface area contributed by atoms with Crippen molar-refractivity contribution in [2.75, 3.05) is 4.90 Å². The number of phenolic OH excluding ortho intramolecular Hbond substituents is 1. The molecule has 38 heavy (non-hydrogen) atoms. The Kier molecular flexibility index (Phi) is 5.87. The van der Waals surface area contributed by atoms with Gasteiger partial charge in [-0.25, -0.2) is 0 Å². The number of ketones is 2. The third-order valence-corrected chi connectivity index (χ3v) is 8.96. The zero-order valence-corrected chi connectivity index (χ0v) is 22.6. The zero-order valence-electron chi connectivity index (χ0n) is 21.0. The molecular formula is C31H26BrNO5. The fraction of sp³-hybridized carbons (Fsp3) is 0.290. The molecule has 192 valence electrons. The SMILES string of the molecule is CCc1ccc(N2C(=O)C3CC=C4C(c5cc(Br)ccc5O)C5=C(CC4C3C2=O)C(=O)C=C(C)C5=O)cc1. The van der Waals surface area contributed by atoms with Gasteiger partial charge in [-0.15, -0.1) is 0 Å². The van der Waals surface area contributed by atoms with E-state index in [2.05, 4.69) is 15.9 Å².